The van der Waals surface area contributed by atoms with Gasteiger partial charge in [0.2, 0.25) is 0 Å². The van der Waals surface area contributed by atoms with E-state index in [0.717, 1.165) is 5.56 Å². The second-order valence-corrected chi connectivity index (χ2v) is 7.52. The van der Waals surface area contributed by atoms with Gasteiger partial charge in [0.25, 0.3) is 11.3 Å². The topological polar surface area (TPSA) is 107 Å². The van der Waals surface area contributed by atoms with E-state index in [1.165, 1.54) is 10.6 Å². The zero-order valence-corrected chi connectivity index (χ0v) is 17.8. The van der Waals surface area contributed by atoms with Gasteiger partial charge in [-0.1, -0.05) is 42.5 Å². The molecular weight excluding hydrogens is 420 g/mol. The third-order valence-corrected chi connectivity index (χ3v) is 5.10. The highest BCUT2D eigenvalue weighted by Gasteiger charge is 2.15. The fourth-order valence-electron chi connectivity index (χ4n) is 3.52. The Morgan fingerprint density at radius 3 is 2.58 bits per heavy atom. The maximum Gasteiger partial charge on any atom is 0.274 e. The molecule has 164 valence electrons. The van der Waals surface area contributed by atoms with Crippen LogP contribution >= 0.6 is 0 Å². The SMILES string of the molecule is Cn1ccc(CC(=O)c2ccccc2OCc2cc(=O)n3[nH]c(-c4ccccc4)nc3n2)n1. The number of ether oxygens (including phenoxy) is 1. The maximum absolute atomic E-state index is 12.8. The number of para-hydroxylation sites is 1. The van der Waals surface area contributed by atoms with E-state index >= 15 is 0 Å². The van der Waals surface area contributed by atoms with Crippen molar-refractivity contribution in [1.29, 1.82) is 0 Å². The van der Waals surface area contributed by atoms with Gasteiger partial charge in [-0.3, -0.25) is 19.4 Å². The van der Waals surface area contributed by atoms with E-state index in [2.05, 4.69) is 20.2 Å². The maximum atomic E-state index is 12.8. The van der Waals surface area contributed by atoms with Crippen LogP contribution < -0.4 is 10.3 Å². The number of Topliss-reactive ketones (excluding diaryl/α,β-unsaturated/α-hetero) is 1. The summed E-state index contributed by atoms with van der Waals surface area (Å²) in [5.74, 6) is 1.11. The van der Waals surface area contributed by atoms with E-state index in [0.29, 0.717) is 28.5 Å². The van der Waals surface area contributed by atoms with Crippen molar-refractivity contribution in [1.82, 2.24) is 29.4 Å². The van der Waals surface area contributed by atoms with Crippen molar-refractivity contribution in [3.63, 3.8) is 0 Å². The zero-order valence-electron chi connectivity index (χ0n) is 17.8. The third kappa shape index (κ3) is 4.29. The van der Waals surface area contributed by atoms with Crippen LogP contribution in [0.15, 0.2) is 77.7 Å². The number of nitrogens with zero attached hydrogens (tertiary/aromatic N) is 5. The van der Waals surface area contributed by atoms with Crippen molar-refractivity contribution in [2.45, 2.75) is 13.0 Å². The molecule has 0 atom stereocenters. The van der Waals surface area contributed by atoms with Gasteiger partial charge in [-0.05, 0) is 18.2 Å². The fraction of sp³-hybridized carbons (Fsp3) is 0.125. The second-order valence-electron chi connectivity index (χ2n) is 7.52. The Bertz CT molecular complexity index is 1500. The summed E-state index contributed by atoms with van der Waals surface area (Å²) < 4.78 is 8.83. The standard InChI is InChI=1S/C24H20N6O3/c1-29-12-11-17(27-29)13-20(31)19-9-5-6-10-21(19)33-15-18-14-22(32)30-24(25-18)26-23(28-30)16-7-3-2-4-8-16/h2-12,14H,13,15H2,1H3,(H,25,26,28). The van der Waals surface area contributed by atoms with Gasteiger partial charge >= 0.3 is 0 Å². The first-order valence-electron chi connectivity index (χ1n) is 10.3. The lowest BCUT2D eigenvalue weighted by Crippen LogP contribution is -2.17. The average Bonchev–Trinajstić information content (AvgIpc) is 3.45. The number of carbonyl (C=O) groups excluding carboxylic acids is 1. The summed E-state index contributed by atoms with van der Waals surface area (Å²) in [5.41, 5.74) is 2.10. The minimum Gasteiger partial charge on any atom is -0.487 e. The van der Waals surface area contributed by atoms with Crippen LogP contribution in [0.4, 0.5) is 0 Å². The molecule has 0 fully saturated rings. The Morgan fingerprint density at radius 2 is 1.79 bits per heavy atom. The monoisotopic (exact) mass is 440 g/mol. The molecule has 5 rings (SSSR count). The van der Waals surface area contributed by atoms with Crippen LogP contribution in [0.5, 0.6) is 5.75 Å². The minimum absolute atomic E-state index is 0.0210. The van der Waals surface area contributed by atoms with Gasteiger partial charge in [0.1, 0.15) is 12.4 Å². The number of fused-ring (bicyclic) bond motifs is 1. The van der Waals surface area contributed by atoms with Crippen molar-refractivity contribution in [2.75, 3.05) is 0 Å². The molecule has 3 heterocycles. The Morgan fingerprint density at radius 1 is 1.00 bits per heavy atom. The molecule has 9 nitrogen and oxygen atoms in total. The molecule has 0 bridgehead atoms. The molecule has 2 aromatic carbocycles. The van der Waals surface area contributed by atoms with E-state index < -0.39 is 0 Å². The molecule has 0 saturated heterocycles. The summed E-state index contributed by atoms with van der Waals surface area (Å²) in [6.07, 6.45) is 1.96. The van der Waals surface area contributed by atoms with Crippen molar-refractivity contribution in [3.8, 4) is 17.1 Å². The van der Waals surface area contributed by atoms with E-state index in [4.69, 9.17) is 4.74 Å². The van der Waals surface area contributed by atoms with Crippen LogP contribution in [0.25, 0.3) is 17.2 Å². The molecule has 33 heavy (non-hydrogen) atoms. The number of benzene rings is 2. The summed E-state index contributed by atoms with van der Waals surface area (Å²) in [4.78, 5) is 34.3. The Balaban J connectivity index is 1.37. The van der Waals surface area contributed by atoms with Crippen molar-refractivity contribution in [2.24, 2.45) is 7.05 Å². The minimum atomic E-state index is -0.298. The van der Waals surface area contributed by atoms with Crippen molar-refractivity contribution < 1.29 is 9.53 Å². The van der Waals surface area contributed by atoms with Crippen molar-refractivity contribution >= 4 is 11.6 Å². The highest BCUT2D eigenvalue weighted by Crippen LogP contribution is 2.21. The normalized spacial score (nSPS) is 11.1. The van der Waals surface area contributed by atoms with E-state index in [9.17, 15) is 9.59 Å². The Kier molecular flexibility index (Phi) is 5.27. The number of nitrogens with one attached hydrogen (secondary N) is 1. The Labute approximate surface area is 188 Å². The lowest BCUT2D eigenvalue weighted by molar-refractivity contribution is 0.0987. The largest absolute Gasteiger partial charge is 0.487 e. The van der Waals surface area contributed by atoms with Crippen LogP contribution in [-0.2, 0) is 20.1 Å². The number of rotatable bonds is 7. The van der Waals surface area contributed by atoms with E-state index in [-0.39, 0.29) is 30.1 Å². The van der Waals surface area contributed by atoms with Gasteiger partial charge in [-0.2, -0.15) is 14.6 Å². The number of aryl methyl sites for hydroxylation is 1. The summed E-state index contributed by atoms with van der Waals surface area (Å²) in [6.45, 7) is 0.0210. The van der Waals surface area contributed by atoms with Crippen LogP contribution in [0, 0.1) is 0 Å². The predicted molar refractivity (Wildman–Crippen MR) is 121 cm³/mol. The molecule has 0 aliphatic heterocycles. The molecule has 0 unspecified atom stereocenters. The first kappa shape index (κ1) is 20.4. The number of hydrogen-bond donors (Lipinski definition) is 1. The van der Waals surface area contributed by atoms with Gasteiger partial charge in [0, 0.05) is 24.9 Å². The van der Waals surface area contributed by atoms with Gasteiger partial charge < -0.3 is 4.74 Å². The smallest absolute Gasteiger partial charge is 0.274 e. The average molecular weight is 440 g/mol. The number of carbonyl (C=O) groups is 1. The number of aromatic amines is 1. The van der Waals surface area contributed by atoms with E-state index in [1.54, 1.807) is 42.2 Å². The predicted octanol–water partition coefficient (Wildman–Crippen LogP) is 2.82. The van der Waals surface area contributed by atoms with Crippen LogP contribution in [0.1, 0.15) is 21.7 Å². The van der Waals surface area contributed by atoms with E-state index in [1.807, 2.05) is 36.4 Å². The number of ketones is 1. The summed E-state index contributed by atoms with van der Waals surface area (Å²) in [6, 6.07) is 19.7. The molecule has 3 aromatic heterocycles. The molecule has 9 heteroatoms. The summed E-state index contributed by atoms with van der Waals surface area (Å²) in [5, 5.41) is 7.23. The first-order valence-corrected chi connectivity index (χ1v) is 10.3. The van der Waals surface area contributed by atoms with Crippen LogP contribution in [-0.4, -0.2) is 35.1 Å². The molecule has 5 aromatic rings. The fourth-order valence-corrected chi connectivity index (χ4v) is 3.52. The van der Waals surface area contributed by atoms with Gasteiger partial charge in [0.15, 0.2) is 11.6 Å². The van der Waals surface area contributed by atoms with Crippen molar-refractivity contribution in [3.05, 3.63) is 100 Å². The van der Waals surface area contributed by atoms with Gasteiger partial charge in [0.05, 0.1) is 23.4 Å². The molecule has 0 aliphatic rings. The Hall–Kier alpha value is -4.53. The highest BCUT2D eigenvalue weighted by atomic mass is 16.5. The lowest BCUT2D eigenvalue weighted by atomic mass is 10.1. The second kappa shape index (κ2) is 8.54. The first-order chi connectivity index (χ1) is 16.1. The third-order valence-electron chi connectivity index (χ3n) is 5.10. The zero-order chi connectivity index (χ0) is 22.8. The van der Waals surface area contributed by atoms with Gasteiger partial charge in [-0.25, -0.2) is 4.98 Å². The lowest BCUT2D eigenvalue weighted by Gasteiger charge is -2.10. The molecule has 0 saturated carbocycles. The van der Waals surface area contributed by atoms with Gasteiger partial charge in [-0.15, -0.1) is 0 Å². The number of hydrogen-bond acceptors (Lipinski definition) is 6. The molecule has 0 spiro atoms. The highest BCUT2D eigenvalue weighted by molar-refractivity contribution is 5.99. The summed E-state index contributed by atoms with van der Waals surface area (Å²) >= 11 is 0. The molecular formula is C24H20N6O3. The number of H-pyrrole nitrogens is 1. The quantitative estimate of drug-likeness (QED) is 0.390. The van der Waals surface area contributed by atoms with Crippen LogP contribution in [0.2, 0.25) is 0 Å². The molecule has 0 amide bonds. The number of aromatic nitrogens is 6. The molecule has 0 radical (unpaired) electrons. The molecule has 1 N–H and O–H groups in total. The summed E-state index contributed by atoms with van der Waals surface area (Å²) in [7, 11) is 1.81. The van der Waals surface area contributed by atoms with Crippen LogP contribution in [0.3, 0.4) is 0 Å². The molecule has 0 aliphatic carbocycles.